The number of ether oxygens (including phenoxy) is 1. The summed E-state index contributed by atoms with van der Waals surface area (Å²) >= 11 is 6.19. The van der Waals surface area contributed by atoms with Crippen LogP contribution in [0.15, 0.2) is 53.6 Å². The smallest absolute Gasteiger partial charge is 0.323 e. The molecule has 1 unspecified atom stereocenters. The van der Waals surface area contributed by atoms with Crippen LogP contribution in [0.5, 0.6) is 5.75 Å². The third kappa shape index (κ3) is 4.28. The molecule has 2 aromatic carbocycles. The molecule has 2 heterocycles. The fraction of sp³-hybridized carbons (Fsp3) is 0.318. The summed E-state index contributed by atoms with van der Waals surface area (Å²) in [4.78, 5) is 11.5. The average molecular weight is 463 g/mol. The van der Waals surface area contributed by atoms with Crippen molar-refractivity contribution in [1.29, 1.82) is 0 Å². The summed E-state index contributed by atoms with van der Waals surface area (Å²) in [6.07, 6.45) is 2.46. The van der Waals surface area contributed by atoms with Gasteiger partial charge in [0.05, 0.1) is 11.5 Å². The quantitative estimate of drug-likeness (QED) is 0.574. The number of rotatable bonds is 7. The molecule has 0 saturated carbocycles. The second-order valence-electron chi connectivity index (χ2n) is 7.52. The Morgan fingerprint density at radius 2 is 1.97 bits per heavy atom. The zero-order valence-electron chi connectivity index (χ0n) is 17.0. The molecule has 1 aliphatic rings. The summed E-state index contributed by atoms with van der Waals surface area (Å²) in [5.74, 6) is -0.359. The highest BCUT2D eigenvalue weighted by Crippen LogP contribution is 2.37. The largest absolute Gasteiger partial charge is 0.494 e. The summed E-state index contributed by atoms with van der Waals surface area (Å²) in [6.45, 7) is 2.94. The van der Waals surface area contributed by atoms with Crippen molar-refractivity contribution in [3.05, 3.63) is 59.2 Å². The van der Waals surface area contributed by atoms with E-state index in [4.69, 9.17) is 16.3 Å². The summed E-state index contributed by atoms with van der Waals surface area (Å²) in [5, 5.41) is 10.7. The zero-order valence-corrected chi connectivity index (χ0v) is 18.6. The fourth-order valence-electron chi connectivity index (χ4n) is 4.12. The lowest BCUT2D eigenvalue weighted by Crippen LogP contribution is -2.28. The first-order valence-electron chi connectivity index (χ1n) is 10.0. The van der Waals surface area contributed by atoms with Crippen molar-refractivity contribution in [1.82, 2.24) is 8.87 Å². The molecule has 4 rings (SSSR count). The van der Waals surface area contributed by atoms with Gasteiger partial charge in [0.25, 0.3) is 0 Å². The third-order valence-corrected chi connectivity index (χ3v) is 7.66. The minimum Gasteiger partial charge on any atom is -0.494 e. The predicted octanol–water partition coefficient (Wildman–Crippen LogP) is 3.96. The fourth-order valence-corrected chi connectivity index (χ4v) is 5.79. The highest BCUT2D eigenvalue weighted by Gasteiger charge is 2.34. The van der Waals surface area contributed by atoms with E-state index >= 15 is 0 Å². The highest BCUT2D eigenvalue weighted by molar-refractivity contribution is 7.89. The number of hydrogen-bond donors (Lipinski definition) is 1. The first kappa shape index (κ1) is 21.7. The molecule has 1 aromatic heterocycles. The number of carboxylic acids is 1. The van der Waals surface area contributed by atoms with Crippen LogP contribution in [0.3, 0.4) is 0 Å². The van der Waals surface area contributed by atoms with Crippen molar-refractivity contribution in [2.24, 2.45) is 0 Å². The van der Waals surface area contributed by atoms with Crippen LogP contribution in [0.4, 0.5) is 0 Å². The molecule has 164 valence electrons. The van der Waals surface area contributed by atoms with E-state index in [1.807, 2.05) is 19.2 Å². The van der Waals surface area contributed by atoms with Gasteiger partial charge in [-0.3, -0.25) is 4.79 Å². The lowest BCUT2D eigenvalue weighted by molar-refractivity contribution is -0.137. The number of carbonyl (C=O) groups is 1. The molecule has 1 aliphatic heterocycles. The Balaban J connectivity index is 1.62. The average Bonchev–Trinajstić information content (AvgIpc) is 3.34. The van der Waals surface area contributed by atoms with E-state index in [1.165, 1.54) is 4.31 Å². The Labute approximate surface area is 185 Å². The van der Waals surface area contributed by atoms with Crippen molar-refractivity contribution in [2.75, 3.05) is 19.7 Å². The minimum atomic E-state index is -3.63. The first-order valence-corrected chi connectivity index (χ1v) is 11.8. The maximum atomic E-state index is 13.1. The molecule has 0 bridgehead atoms. The lowest BCUT2D eigenvalue weighted by Gasteiger charge is -2.17. The molecule has 0 aliphatic carbocycles. The number of benzene rings is 2. The molecule has 1 fully saturated rings. The van der Waals surface area contributed by atoms with E-state index in [9.17, 15) is 18.3 Å². The van der Waals surface area contributed by atoms with Gasteiger partial charge in [0.1, 0.15) is 12.3 Å². The second kappa shape index (κ2) is 8.53. The van der Waals surface area contributed by atoms with Gasteiger partial charge in [-0.05, 0) is 61.4 Å². The number of sulfonamides is 1. The van der Waals surface area contributed by atoms with Gasteiger partial charge in [0.15, 0.2) is 0 Å². The Morgan fingerprint density at radius 3 is 2.65 bits per heavy atom. The molecule has 1 atom stereocenters. The SMILES string of the molecule is CCOc1ccc(S(=O)(=O)N2CCC(c3cn(CC(=O)O)c4ccc(Cl)cc34)C2)cc1. The Kier molecular flexibility index (Phi) is 5.96. The van der Waals surface area contributed by atoms with Crippen molar-refractivity contribution in [3.8, 4) is 5.75 Å². The molecule has 9 heteroatoms. The van der Waals surface area contributed by atoms with E-state index in [2.05, 4.69) is 0 Å². The van der Waals surface area contributed by atoms with Crippen molar-refractivity contribution < 1.29 is 23.1 Å². The number of hydrogen-bond acceptors (Lipinski definition) is 4. The van der Waals surface area contributed by atoms with E-state index in [0.717, 1.165) is 16.5 Å². The highest BCUT2D eigenvalue weighted by atomic mass is 35.5. The van der Waals surface area contributed by atoms with Crippen LogP contribution in [-0.4, -0.2) is 48.1 Å². The van der Waals surface area contributed by atoms with Gasteiger partial charge >= 0.3 is 5.97 Å². The predicted molar refractivity (Wildman–Crippen MR) is 118 cm³/mol. The molecule has 0 radical (unpaired) electrons. The van der Waals surface area contributed by atoms with Gasteiger partial charge in [0.2, 0.25) is 10.0 Å². The Hall–Kier alpha value is -2.55. The molecule has 1 saturated heterocycles. The van der Waals surface area contributed by atoms with Crippen LogP contribution in [0.2, 0.25) is 5.02 Å². The maximum Gasteiger partial charge on any atom is 0.323 e. The zero-order chi connectivity index (χ0) is 22.2. The monoisotopic (exact) mass is 462 g/mol. The van der Waals surface area contributed by atoms with E-state index in [1.54, 1.807) is 41.0 Å². The first-order chi connectivity index (χ1) is 14.8. The van der Waals surface area contributed by atoms with Crippen LogP contribution >= 0.6 is 11.6 Å². The summed E-state index contributed by atoms with van der Waals surface area (Å²) in [7, 11) is -3.63. The molecule has 0 amide bonds. The van der Waals surface area contributed by atoms with Crippen molar-refractivity contribution in [3.63, 3.8) is 0 Å². The summed E-state index contributed by atoms with van der Waals surface area (Å²) in [6, 6.07) is 11.8. The van der Waals surface area contributed by atoms with Gasteiger partial charge in [-0.25, -0.2) is 8.42 Å². The topological polar surface area (TPSA) is 88.8 Å². The molecule has 7 nitrogen and oxygen atoms in total. The van der Waals surface area contributed by atoms with Gasteiger partial charge in [-0.15, -0.1) is 0 Å². The van der Waals surface area contributed by atoms with Gasteiger partial charge in [0, 0.05) is 41.1 Å². The van der Waals surface area contributed by atoms with E-state index in [0.29, 0.717) is 36.9 Å². The second-order valence-corrected chi connectivity index (χ2v) is 9.89. The molecular formula is C22H23ClN2O5S. The molecule has 3 aromatic rings. The number of halogens is 1. The van der Waals surface area contributed by atoms with Crippen LogP contribution < -0.4 is 4.74 Å². The van der Waals surface area contributed by atoms with Crippen LogP contribution in [-0.2, 0) is 21.4 Å². The molecule has 1 N–H and O–H groups in total. The molecule has 0 spiro atoms. The van der Waals surface area contributed by atoms with Crippen LogP contribution in [0.1, 0.15) is 24.8 Å². The minimum absolute atomic E-state index is 0.0477. The number of aliphatic carboxylic acids is 1. The summed E-state index contributed by atoms with van der Waals surface area (Å²) < 4.78 is 34.8. The number of aromatic nitrogens is 1. The molecular weight excluding hydrogens is 440 g/mol. The van der Waals surface area contributed by atoms with Crippen LogP contribution in [0.25, 0.3) is 10.9 Å². The van der Waals surface area contributed by atoms with Gasteiger partial charge < -0.3 is 14.4 Å². The molecule has 31 heavy (non-hydrogen) atoms. The number of nitrogens with zero attached hydrogens (tertiary/aromatic N) is 2. The van der Waals surface area contributed by atoms with E-state index < -0.39 is 16.0 Å². The number of carboxylic acid groups (broad SMARTS) is 1. The van der Waals surface area contributed by atoms with Gasteiger partial charge in [-0.2, -0.15) is 4.31 Å². The van der Waals surface area contributed by atoms with Gasteiger partial charge in [-0.1, -0.05) is 11.6 Å². The summed E-state index contributed by atoms with van der Waals surface area (Å²) in [5.41, 5.74) is 1.69. The maximum absolute atomic E-state index is 13.1. The van der Waals surface area contributed by atoms with Crippen LogP contribution in [0, 0.1) is 0 Å². The van der Waals surface area contributed by atoms with Crippen molar-refractivity contribution >= 4 is 38.5 Å². The standard InChI is InChI=1S/C22H23ClN2O5S/c1-2-30-17-4-6-18(7-5-17)31(28,29)25-10-9-15(12-25)20-13-24(14-22(26)27)21-8-3-16(23)11-19(20)21/h3-8,11,13,15H,2,9-10,12,14H2,1H3,(H,26,27). The Bertz CT molecular complexity index is 1220. The van der Waals surface area contributed by atoms with Crippen molar-refractivity contribution in [2.45, 2.75) is 30.7 Å². The lowest BCUT2D eigenvalue weighted by atomic mass is 9.98. The Morgan fingerprint density at radius 1 is 1.23 bits per heavy atom. The van der Waals surface area contributed by atoms with E-state index in [-0.39, 0.29) is 17.4 Å². The normalized spacial score (nSPS) is 17.3. The number of fused-ring (bicyclic) bond motifs is 1. The third-order valence-electron chi connectivity index (χ3n) is 5.54.